The van der Waals surface area contributed by atoms with E-state index in [0.717, 1.165) is 25.2 Å². The molecule has 1 aliphatic heterocycles. The Morgan fingerprint density at radius 3 is 2.43 bits per heavy atom. The van der Waals surface area contributed by atoms with E-state index in [1.807, 2.05) is 12.1 Å². The number of benzene rings is 1. The molecule has 21 heavy (non-hydrogen) atoms. The van der Waals surface area contributed by atoms with E-state index >= 15 is 0 Å². The second kappa shape index (κ2) is 6.44. The largest absolute Gasteiger partial charge is 0.314 e. The fourth-order valence-electron chi connectivity index (χ4n) is 2.71. The Bertz CT molecular complexity index is 576. The Kier molecular flexibility index (Phi) is 5.03. The number of rotatable bonds is 4. The zero-order chi connectivity index (χ0) is 15.6. The predicted octanol–water partition coefficient (Wildman–Crippen LogP) is 1.12. The van der Waals surface area contributed by atoms with Gasteiger partial charge >= 0.3 is 0 Å². The number of hydrogen-bond donors (Lipinski definition) is 1. The average Bonchev–Trinajstić information content (AvgIpc) is 2.43. The highest BCUT2D eigenvalue weighted by atomic mass is 32.2. The van der Waals surface area contributed by atoms with Gasteiger partial charge in [0, 0.05) is 45.8 Å². The molecule has 1 aromatic carbocycles. The maximum Gasteiger partial charge on any atom is 0.242 e. The third-order valence-corrected chi connectivity index (χ3v) is 5.87. The molecule has 2 rings (SSSR count). The highest BCUT2D eigenvalue weighted by Gasteiger charge is 2.25. The fourth-order valence-corrected chi connectivity index (χ4v) is 3.68. The summed E-state index contributed by atoms with van der Waals surface area (Å²) in [6.07, 6.45) is 0. The van der Waals surface area contributed by atoms with E-state index < -0.39 is 10.0 Å². The van der Waals surface area contributed by atoms with Crippen molar-refractivity contribution in [2.45, 2.75) is 37.4 Å². The molecule has 1 fully saturated rings. The summed E-state index contributed by atoms with van der Waals surface area (Å²) < 4.78 is 25.7. The Labute approximate surface area is 128 Å². The average molecular weight is 311 g/mol. The molecule has 0 amide bonds. The first-order valence-corrected chi connectivity index (χ1v) is 8.74. The summed E-state index contributed by atoms with van der Waals surface area (Å²) >= 11 is 0. The summed E-state index contributed by atoms with van der Waals surface area (Å²) in [7, 11) is -0.249. The van der Waals surface area contributed by atoms with Crippen molar-refractivity contribution in [3.05, 3.63) is 29.8 Å². The normalized spacial score (nSPS) is 24.4. The van der Waals surface area contributed by atoms with Gasteiger partial charge in [-0.1, -0.05) is 12.1 Å². The Balaban J connectivity index is 2.22. The lowest BCUT2D eigenvalue weighted by Gasteiger charge is -2.39. The van der Waals surface area contributed by atoms with Gasteiger partial charge in [-0.05, 0) is 31.5 Å². The van der Waals surface area contributed by atoms with Crippen molar-refractivity contribution in [1.82, 2.24) is 14.5 Å². The minimum atomic E-state index is -3.36. The van der Waals surface area contributed by atoms with Crippen molar-refractivity contribution < 1.29 is 8.42 Å². The van der Waals surface area contributed by atoms with E-state index in [2.05, 4.69) is 24.1 Å². The standard InChI is InChI=1S/C15H25N3O2S/c1-12-9-16-10-13(2)18(12)11-14-6-5-7-15(8-14)21(19,20)17(3)4/h5-8,12-13,16H,9-11H2,1-4H3. The zero-order valence-corrected chi connectivity index (χ0v) is 14.0. The van der Waals surface area contributed by atoms with Crippen LogP contribution in [0.3, 0.4) is 0 Å². The maximum atomic E-state index is 12.2. The van der Waals surface area contributed by atoms with E-state index in [9.17, 15) is 8.42 Å². The molecule has 0 aromatic heterocycles. The Morgan fingerprint density at radius 1 is 1.24 bits per heavy atom. The van der Waals surface area contributed by atoms with E-state index in [4.69, 9.17) is 0 Å². The van der Waals surface area contributed by atoms with Gasteiger partial charge in [0.1, 0.15) is 0 Å². The Morgan fingerprint density at radius 2 is 1.86 bits per heavy atom. The lowest BCUT2D eigenvalue weighted by Crippen LogP contribution is -2.54. The summed E-state index contributed by atoms with van der Waals surface area (Å²) in [6, 6.07) is 8.16. The summed E-state index contributed by atoms with van der Waals surface area (Å²) in [6.45, 7) is 7.12. The fraction of sp³-hybridized carbons (Fsp3) is 0.600. The lowest BCUT2D eigenvalue weighted by atomic mass is 10.1. The minimum absolute atomic E-state index is 0.362. The molecule has 5 nitrogen and oxygen atoms in total. The molecular formula is C15H25N3O2S. The predicted molar refractivity (Wildman–Crippen MR) is 84.7 cm³/mol. The van der Waals surface area contributed by atoms with Crippen LogP contribution in [0.2, 0.25) is 0 Å². The second-order valence-electron chi connectivity index (χ2n) is 5.96. The van der Waals surface area contributed by atoms with E-state index in [-0.39, 0.29) is 0 Å². The second-order valence-corrected chi connectivity index (χ2v) is 8.12. The van der Waals surface area contributed by atoms with Crippen LogP contribution in [0, 0.1) is 0 Å². The number of nitrogens with zero attached hydrogens (tertiary/aromatic N) is 2. The molecule has 0 aliphatic carbocycles. The molecular weight excluding hydrogens is 286 g/mol. The van der Waals surface area contributed by atoms with E-state index in [1.165, 1.54) is 4.31 Å². The number of nitrogens with one attached hydrogen (secondary N) is 1. The highest BCUT2D eigenvalue weighted by molar-refractivity contribution is 7.89. The smallest absolute Gasteiger partial charge is 0.242 e. The molecule has 118 valence electrons. The summed E-state index contributed by atoms with van der Waals surface area (Å²) in [5, 5.41) is 3.41. The number of piperazine rings is 1. The van der Waals surface area contributed by atoms with Crippen LogP contribution in [0.1, 0.15) is 19.4 Å². The molecule has 6 heteroatoms. The lowest BCUT2D eigenvalue weighted by molar-refractivity contribution is 0.108. The van der Waals surface area contributed by atoms with E-state index in [0.29, 0.717) is 17.0 Å². The van der Waals surface area contributed by atoms with Crippen molar-refractivity contribution in [3.63, 3.8) is 0 Å². The molecule has 0 saturated carbocycles. The van der Waals surface area contributed by atoms with Crippen molar-refractivity contribution >= 4 is 10.0 Å². The van der Waals surface area contributed by atoms with Gasteiger partial charge in [0.15, 0.2) is 0 Å². The van der Waals surface area contributed by atoms with E-state index in [1.54, 1.807) is 26.2 Å². The molecule has 2 atom stereocenters. The molecule has 1 N–H and O–H groups in total. The molecule has 0 bridgehead atoms. The number of hydrogen-bond acceptors (Lipinski definition) is 4. The SMILES string of the molecule is CC1CNCC(C)N1Cc1cccc(S(=O)(=O)N(C)C)c1. The van der Waals surface area contributed by atoms with Gasteiger partial charge in [-0.2, -0.15) is 0 Å². The molecule has 1 aromatic rings. The van der Waals surface area contributed by atoms with Gasteiger partial charge in [-0.3, -0.25) is 4.90 Å². The summed E-state index contributed by atoms with van der Waals surface area (Å²) in [5.74, 6) is 0. The van der Waals surface area contributed by atoms with Gasteiger partial charge in [0.25, 0.3) is 0 Å². The first kappa shape index (κ1) is 16.4. The van der Waals surface area contributed by atoms with Crippen LogP contribution >= 0.6 is 0 Å². The number of sulfonamides is 1. The van der Waals surface area contributed by atoms with Crippen LogP contribution in [0.25, 0.3) is 0 Å². The highest BCUT2D eigenvalue weighted by Crippen LogP contribution is 2.19. The van der Waals surface area contributed by atoms with Crippen LogP contribution in [0.5, 0.6) is 0 Å². The van der Waals surface area contributed by atoms with Gasteiger partial charge in [0.05, 0.1) is 4.90 Å². The monoisotopic (exact) mass is 311 g/mol. The minimum Gasteiger partial charge on any atom is -0.314 e. The first-order valence-electron chi connectivity index (χ1n) is 7.30. The quantitative estimate of drug-likeness (QED) is 0.905. The van der Waals surface area contributed by atoms with Crippen molar-refractivity contribution in [2.24, 2.45) is 0 Å². The third-order valence-electron chi connectivity index (χ3n) is 4.05. The zero-order valence-electron chi connectivity index (χ0n) is 13.2. The summed E-state index contributed by atoms with van der Waals surface area (Å²) in [5.41, 5.74) is 1.04. The van der Waals surface area contributed by atoms with Crippen LogP contribution in [-0.4, -0.2) is 56.9 Å². The first-order chi connectivity index (χ1) is 9.82. The molecule has 1 heterocycles. The van der Waals surface area contributed by atoms with Gasteiger partial charge in [-0.15, -0.1) is 0 Å². The van der Waals surface area contributed by atoms with Crippen LogP contribution < -0.4 is 5.32 Å². The van der Waals surface area contributed by atoms with Crippen molar-refractivity contribution in [2.75, 3.05) is 27.2 Å². The third kappa shape index (κ3) is 3.63. The van der Waals surface area contributed by atoms with Crippen LogP contribution in [0.15, 0.2) is 29.2 Å². The van der Waals surface area contributed by atoms with Gasteiger partial charge in [-0.25, -0.2) is 12.7 Å². The molecule has 2 unspecified atom stereocenters. The van der Waals surface area contributed by atoms with Crippen molar-refractivity contribution in [1.29, 1.82) is 0 Å². The van der Waals surface area contributed by atoms with Crippen LogP contribution in [-0.2, 0) is 16.6 Å². The maximum absolute atomic E-state index is 12.2. The Hall–Kier alpha value is -0.950. The van der Waals surface area contributed by atoms with Crippen LogP contribution in [0.4, 0.5) is 0 Å². The topological polar surface area (TPSA) is 52.7 Å². The molecule has 0 spiro atoms. The molecule has 1 aliphatic rings. The summed E-state index contributed by atoms with van der Waals surface area (Å²) in [4.78, 5) is 2.78. The van der Waals surface area contributed by atoms with Crippen molar-refractivity contribution in [3.8, 4) is 0 Å². The van der Waals surface area contributed by atoms with Gasteiger partial charge in [0.2, 0.25) is 10.0 Å². The molecule has 0 radical (unpaired) electrons. The molecule has 1 saturated heterocycles. The van der Waals surface area contributed by atoms with Gasteiger partial charge < -0.3 is 5.32 Å².